The van der Waals surface area contributed by atoms with Gasteiger partial charge in [0.2, 0.25) is 0 Å². The van der Waals surface area contributed by atoms with E-state index in [0.717, 1.165) is 162 Å². The lowest BCUT2D eigenvalue weighted by atomic mass is 9.49. The molecule has 0 aromatic heterocycles. The van der Waals surface area contributed by atoms with Crippen LogP contribution in [0.3, 0.4) is 0 Å². The summed E-state index contributed by atoms with van der Waals surface area (Å²) < 4.78 is 105. The van der Waals surface area contributed by atoms with Gasteiger partial charge in [-0.05, 0) is 309 Å². The highest BCUT2D eigenvalue weighted by Crippen LogP contribution is 2.72. The van der Waals surface area contributed by atoms with Crippen molar-refractivity contribution in [2.45, 2.75) is 182 Å². The first-order valence-corrected chi connectivity index (χ1v) is 46.4. The topological polar surface area (TPSA) is 34.2 Å². The van der Waals surface area contributed by atoms with Gasteiger partial charge in [0.05, 0.1) is 6.04 Å². The maximum Gasteiger partial charge on any atom is 0.128 e. The Morgan fingerprint density at radius 1 is 0.581 bits per heavy atom. The van der Waals surface area contributed by atoms with Gasteiger partial charge in [0.25, 0.3) is 0 Å². The predicted molar refractivity (Wildman–Crippen MR) is 490 cm³/mol. The van der Waals surface area contributed by atoms with E-state index >= 15 is 13.2 Å². The molecule has 0 saturated heterocycles. The molecule has 2 heterocycles. The van der Waals surface area contributed by atoms with Gasteiger partial charge >= 0.3 is 0 Å². The number of fused-ring (bicyclic) bond motifs is 13. The Morgan fingerprint density at radius 2 is 1.42 bits per heavy atom. The fourth-order valence-corrected chi connectivity index (χ4v) is 26.4. The number of allylic oxidation sites excluding steroid dienone is 37. The summed E-state index contributed by atoms with van der Waals surface area (Å²) in [6, 6.07) is 28.6. The second kappa shape index (κ2) is 32.5. The molecule has 0 radical (unpaired) electrons. The summed E-state index contributed by atoms with van der Waals surface area (Å²) >= 11 is 0. The van der Waals surface area contributed by atoms with Gasteiger partial charge in [0.15, 0.2) is 0 Å². The van der Waals surface area contributed by atoms with Crippen LogP contribution in [-0.2, 0) is 10.2 Å². The fourth-order valence-electron chi connectivity index (χ4n) is 26.4. The zero-order valence-electron chi connectivity index (χ0n) is 70.5. The Kier molecular flexibility index (Phi) is 20.7. The molecule has 0 spiro atoms. The number of hydrogen-bond acceptors (Lipinski definition) is 5. The van der Waals surface area contributed by atoms with E-state index in [4.69, 9.17) is 14.2 Å². The first kappa shape index (κ1) is 79.0. The van der Waals surface area contributed by atoms with Gasteiger partial charge < -0.3 is 24.0 Å². The van der Waals surface area contributed by atoms with Crippen LogP contribution in [0.1, 0.15) is 168 Å². The number of halogens is 5. The van der Waals surface area contributed by atoms with Crippen molar-refractivity contribution in [2.75, 3.05) is 4.90 Å². The molecular formula is C114H109F5N2O3. The van der Waals surface area contributed by atoms with Crippen molar-refractivity contribution in [3.8, 4) is 11.5 Å². The molecule has 2 aliphatic heterocycles. The van der Waals surface area contributed by atoms with E-state index in [-0.39, 0.29) is 113 Å². The van der Waals surface area contributed by atoms with E-state index in [1.807, 2.05) is 60.7 Å². The molecule has 5 nitrogen and oxygen atoms in total. The zero-order valence-corrected chi connectivity index (χ0v) is 70.5. The van der Waals surface area contributed by atoms with Crippen LogP contribution in [0.4, 0.5) is 33.3 Å². The molecular weight excluding hydrogens is 1540 g/mol. The van der Waals surface area contributed by atoms with Gasteiger partial charge in [-0.25, -0.2) is 22.0 Å². The number of ether oxygens (including phenoxy) is 3. The van der Waals surface area contributed by atoms with Crippen LogP contribution >= 0.6 is 0 Å². The Balaban J connectivity index is 0.665. The monoisotopic (exact) mass is 1650 g/mol. The molecule has 10 heteroatoms. The van der Waals surface area contributed by atoms with E-state index < -0.39 is 34.9 Å². The lowest BCUT2D eigenvalue weighted by Crippen LogP contribution is -2.52. The van der Waals surface area contributed by atoms with Crippen LogP contribution in [0.25, 0.3) is 6.08 Å². The van der Waals surface area contributed by atoms with Crippen molar-refractivity contribution in [1.82, 2.24) is 4.90 Å². The van der Waals surface area contributed by atoms with E-state index in [2.05, 4.69) is 236 Å². The molecule has 4 aromatic rings. The number of alkyl halides is 2. The largest absolute Gasteiger partial charge is 0.486 e. The Hall–Kier alpha value is -11.0. The average molecular weight is 1650 g/mol. The summed E-state index contributed by atoms with van der Waals surface area (Å²) in [5, 5.41) is 0. The van der Waals surface area contributed by atoms with Crippen LogP contribution in [0.5, 0.6) is 11.5 Å². The highest BCUT2D eigenvalue weighted by atomic mass is 19.1. The molecule has 124 heavy (non-hydrogen) atoms. The standard InChI is InChI=1S/C114H109F5N2O3/c1-3-70-25-50-89(51-26-70)122-91-54-36-80(37-55-91)113-101-20-7-5-17-93(101)95-59-47-88(69-103(95)113)121(108-60-35-79(65-98(108)97-19-11-22-105(117)111(97)113)78-16-10-15-77(64-78)73-31-42-83(116)43-32-73)86-49-62-110-100(67-86)99-66-85(48-61-109(99)124-110)120(84-44-33-74(34-45-84)76-14-9-13-75(63-76)72-29-40-82(115)41-30-72)87-46-58-96-94-18-6-8-21-102(94)114(104(96)68-87,112-106(118)23-12-24-107(112)119)81-38-56-92(57-39-81)123-90-52-27-71(4-2)28-53-90/h3-6,8-9,11,13-15,17-19,21-23,25-31,35-36,40-41,46-50,52-56,58-62,64-69,74-75,80-81,83-84,89,93-95,98,100-103,105,108,110-111H,1-2,7,10,12,16,20,24,32-34,37-39,42-45,51,57,63H2. The Bertz CT molecular complexity index is 5810. The smallest absolute Gasteiger partial charge is 0.128 e. The van der Waals surface area contributed by atoms with Gasteiger partial charge in [-0.2, -0.15) is 0 Å². The van der Waals surface area contributed by atoms with E-state index in [1.54, 1.807) is 18.2 Å². The molecule has 2 bridgehead atoms. The first-order valence-electron chi connectivity index (χ1n) is 46.4. The van der Waals surface area contributed by atoms with Crippen molar-refractivity contribution < 1.29 is 36.2 Å². The summed E-state index contributed by atoms with van der Waals surface area (Å²) in [4.78, 5) is 5.23. The van der Waals surface area contributed by atoms with Crippen molar-refractivity contribution in [1.29, 1.82) is 0 Å². The average Bonchev–Trinajstić information content (AvgIpc) is 1.52. The SMILES string of the molecule is C=CC1=CCC(OC2=CCC(C34C5C=C(C=CC5C5C=CCCC53)N(C3=CC5c6cc(N(c7ccc8c(c7)C(C7=C(F)CCC=C7F)(C7CC=C(Oc9ccc(C=C)cc9)CC7)C7C=CC=CC87)C7CCC(C8=CC=CC(c9ccc(F)cc9)C8)CC7)ccc6OC5C=C3)C3C=CC(C5=CC(C6=CCC(F)CC6)=CCC5)=CC3C3=CC=CC(F)C34)C=C2)C=C1. The molecule has 2 saturated carbocycles. The maximum absolute atomic E-state index is 19.1. The van der Waals surface area contributed by atoms with Crippen LogP contribution in [0.2, 0.25) is 0 Å². The van der Waals surface area contributed by atoms with Crippen LogP contribution in [0.15, 0.2) is 378 Å². The number of hydrogen-bond donors (Lipinski definition) is 0. The summed E-state index contributed by atoms with van der Waals surface area (Å²) in [6.45, 7) is 7.97. The lowest BCUT2D eigenvalue weighted by Gasteiger charge is -2.54. The van der Waals surface area contributed by atoms with Gasteiger partial charge in [0, 0.05) is 100 Å². The minimum absolute atomic E-state index is 0.00975. The van der Waals surface area contributed by atoms with Crippen molar-refractivity contribution in [2.24, 2.45) is 64.6 Å². The molecule has 2 fully saturated rings. The highest BCUT2D eigenvalue weighted by molar-refractivity contribution is 5.73. The van der Waals surface area contributed by atoms with E-state index in [1.165, 1.54) is 27.9 Å². The van der Waals surface area contributed by atoms with Crippen molar-refractivity contribution in [3.05, 3.63) is 411 Å². The van der Waals surface area contributed by atoms with Gasteiger partial charge in [-0.15, -0.1) is 0 Å². The van der Waals surface area contributed by atoms with Crippen molar-refractivity contribution in [3.63, 3.8) is 0 Å². The zero-order chi connectivity index (χ0) is 83.5. The molecule has 18 aliphatic rings. The summed E-state index contributed by atoms with van der Waals surface area (Å²) in [7, 11) is 0. The summed E-state index contributed by atoms with van der Waals surface area (Å²) in [6.07, 6.45) is 87.8. The second-order valence-corrected chi connectivity index (χ2v) is 38.0. The first-order chi connectivity index (χ1) is 60.8. The van der Waals surface area contributed by atoms with Crippen LogP contribution in [-0.4, -0.2) is 41.5 Å². The molecule has 0 amide bonds. The Labute approximate surface area is 728 Å². The van der Waals surface area contributed by atoms with Crippen LogP contribution < -0.4 is 14.4 Å². The Morgan fingerprint density at radius 3 is 2.23 bits per heavy atom. The maximum atomic E-state index is 19.1. The minimum atomic E-state index is -1.25. The number of nitrogens with zero attached hydrogens (tertiary/aromatic N) is 2. The number of rotatable bonds is 17. The third-order valence-electron chi connectivity index (χ3n) is 32.0. The fraction of sp³-hybridized carbons (Fsp3) is 0.351. The third-order valence-corrected chi connectivity index (χ3v) is 32.0. The molecule has 4 aromatic carbocycles. The second-order valence-electron chi connectivity index (χ2n) is 38.0. The molecule has 22 rings (SSSR count). The summed E-state index contributed by atoms with van der Waals surface area (Å²) in [5.74, 6) is 1.81. The van der Waals surface area contributed by atoms with Gasteiger partial charge in [-0.1, -0.05) is 207 Å². The molecule has 0 N–H and O–H groups in total. The van der Waals surface area contributed by atoms with Gasteiger partial charge in [0.1, 0.15) is 65.0 Å². The normalized spacial score (nSPS) is 34.8. The van der Waals surface area contributed by atoms with Gasteiger partial charge in [-0.3, -0.25) is 0 Å². The van der Waals surface area contributed by atoms with E-state index in [0.29, 0.717) is 44.4 Å². The quantitative estimate of drug-likeness (QED) is 0.0777. The molecule has 16 aliphatic carbocycles. The highest BCUT2D eigenvalue weighted by Gasteiger charge is 2.68. The minimum Gasteiger partial charge on any atom is -0.486 e. The third kappa shape index (κ3) is 13.6. The molecule has 19 unspecified atom stereocenters. The number of anilines is 2. The predicted octanol–water partition coefficient (Wildman–Crippen LogP) is 28.4. The van der Waals surface area contributed by atoms with Crippen molar-refractivity contribution >= 4 is 17.5 Å². The van der Waals surface area contributed by atoms with E-state index in [9.17, 15) is 8.78 Å². The number of benzene rings is 4. The summed E-state index contributed by atoms with van der Waals surface area (Å²) in [5.41, 5.74) is 16.7. The molecule has 19 atom stereocenters. The lowest BCUT2D eigenvalue weighted by molar-refractivity contribution is -0.0122. The molecule has 628 valence electrons. The van der Waals surface area contributed by atoms with Crippen LogP contribution in [0, 0.1) is 70.4 Å².